The minimum Gasteiger partial charge on any atom is -0.356 e. The van der Waals surface area contributed by atoms with E-state index in [4.69, 9.17) is 4.98 Å². The number of nitrogens with zero attached hydrogens (tertiary/aromatic N) is 6. The van der Waals surface area contributed by atoms with Crippen LogP contribution in [0.5, 0.6) is 0 Å². The predicted octanol–water partition coefficient (Wildman–Crippen LogP) is 3.03. The number of hydrogen-bond acceptors (Lipinski definition) is 5. The number of aromatic nitrogens is 4. The Labute approximate surface area is 155 Å². The second-order valence-corrected chi connectivity index (χ2v) is 7.91. The molecule has 0 amide bonds. The maximum atomic E-state index is 5.08. The van der Waals surface area contributed by atoms with Crippen LogP contribution in [0.25, 0.3) is 0 Å². The molecule has 0 bridgehead atoms. The first kappa shape index (κ1) is 16.1. The quantitative estimate of drug-likeness (QED) is 0.850. The highest BCUT2D eigenvalue weighted by Crippen LogP contribution is 2.37. The zero-order valence-corrected chi connectivity index (χ0v) is 15.7. The minimum absolute atomic E-state index is 0.340. The largest absolute Gasteiger partial charge is 0.356 e. The smallest absolute Gasteiger partial charge is 0.134 e. The van der Waals surface area contributed by atoms with E-state index in [1.54, 1.807) is 6.33 Å². The van der Waals surface area contributed by atoms with Gasteiger partial charge in [-0.2, -0.15) is 0 Å². The van der Waals surface area contributed by atoms with E-state index in [9.17, 15) is 0 Å². The molecule has 1 atom stereocenters. The molecule has 2 aromatic heterocycles. The van der Waals surface area contributed by atoms with Gasteiger partial charge in [-0.15, -0.1) is 0 Å². The van der Waals surface area contributed by atoms with Crippen LogP contribution in [-0.4, -0.2) is 39.2 Å². The van der Waals surface area contributed by atoms with Crippen molar-refractivity contribution in [1.82, 2.24) is 19.5 Å². The summed E-state index contributed by atoms with van der Waals surface area (Å²) in [6, 6.07) is 2.53. The maximum Gasteiger partial charge on any atom is 0.134 e. The molecule has 2 aliphatic heterocycles. The Kier molecular flexibility index (Phi) is 4.06. The van der Waals surface area contributed by atoms with Crippen molar-refractivity contribution >= 4 is 11.6 Å². The lowest BCUT2D eigenvalue weighted by Gasteiger charge is -2.26. The van der Waals surface area contributed by atoms with Gasteiger partial charge < -0.3 is 14.4 Å². The summed E-state index contributed by atoms with van der Waals surface area (Å²) >= 11 is 0. The summed E-state index contributed by atoms with van der Waals surface area (Å²) in [5.74, 6) is 3.37. The fourth-order valence-corrected chi connectivity index (χ4v) is 4.93. The molecule has 138 valence electrons. The van der Waals surface area contributed by atoms with Gasteiger partial charge in [0.1, 0.15) is 23.8 Å². The van der Waals surface area contributed by atoms with E-state index < -0.39 is 0 Å². The number of hydrogen-bond donors (Lipinski definition) is 0. The van der Waals surface area contributed by atoms with E-state index >= 15 is 0 Å². The molecule has 2 aromatic rings. The van der Waals surface area contributed by atoms with E-state index in [-0.39, 0.29) is 0 Å². The zero-order chi connectivity index (χ0) is 17.5. The number of anilines is 2. The molecule has 0 N–H and O–H groups in total. The Hall–Kier alpha value is -2.11. The second-order valence-electron chi connectivity index (χ2n) is 7.91. The van der Waals surface area contributed by atoms with Gasteiger partial charge in [0, 0.05) is 38.4 Å². The highest BCUT2D eigenvalue weighted by Gasteiger charge is 2.32. The fraction of sp³-hybridized carbons (Fsp3) is 0.650. The lowest BCUT2D eigenvalue weighted by atomic mass is 10.0. The van der Waals surface area contributed by atoms with E-state index in [2.05, 4.69) is 37.4 Å². The summed E-state index contributed by atoms with van der Waals surface area (Å²) in [5.41, 5.74) is 2.79. The van der Waals surface area contributed by atoms with Crippen molar-refractivity contribution in [3.8, 4) is 0 Å². The molecule has 5 rings (SSSR count). The Bertz CT molecular complexity index is 792. The first-order valence-electron chi connectivity index (χ1n) is 10.2. The first-order valence-corrected chi connectivity index (χ1v) is 10.2. The van der Waals surface area contributed by atoms with Gasteiger partial charge in [0.15, 0.2) is 0 Å². The third-order valence-electron chi connectivity index (χ3n) is 6.32. The van der Waals surface area contributed by atoms with Crippen LogP contribution in [0.4, 0.5) is 11.6 Å². The monoisotopic (exact) mass is 352 g/mol. The van der Waals surface area contributed by atoms with Gasteiger partial charge in [-0.05, 0) is 51.4 Å². The highest BCUT2D eigenvalue weighted by atomic mass is 15.3. The SMILES string of the molecule is Cn1c([C@@H]2CCCN2c2cc(N3CCCC3)ncn2)nc2c1CCCC2. The van der Waals surface area contributed by atoms with Crippen molar-refractivity contribution in [2.45, 2.75) is 57.4 Å². The third kappa shape index (κ3) is 2.66. The molecule has 1 aliphatic carbocycles. The molecular weight excluding hydrogens is 324 g/mol. The fourth-order valence-electron chi connectivity index (χ4n) is 4.93. The van der Waals surface area contributed by atoms with Crippen molar-refractivity contribution in [3.05, 3.63) is 29.6 Å². The highest BCUT2D eigenvalue weighted by molar-refractivity contribution is 5.52. The molecule has 2 saturated heterocycles. The van der Waals surface area contributed by atoms with Gasteiger partial charge in [0.2, 0.25) is 0 Å². The molecule has 0 saturated carbocycles. The summed E-state index contributed by atoms with van der Waals surface area (Å²) in [6.45, 7) is 3.29. The predicted molar refractivity (Wildman–Crippen MR) is 103 cm³/mol. The Morgan fingerprint density at radius 3 is 2.58 bits per heavy atom. The van der Waals surface area contributed by atoms with E-state index in [1.165, 1.54) is 55.7 Å². The Balaban J connectivity index is 1.46. The Morgan fingerprint density at radius 2 is 1.73 bits per heavy atom. The molecule has 2 fully saturated rings. The first-order chi connectivity index (χ1) is 12.8. The van der Waals surface area contributed by atoms with Crippen molar-refractivity contribution in [3.63, 3.8) is 0 Å². The van der Waals surface area contributed by atoms with Crippen LogP contribution in [0.1, 0.15) is 61.8 Å². The molecule has 4 heterocycles. The molecular formula is C20H28N6. The van der Waals surface area contributed by atoms with Crippen LogP contribution >= 0.6 is 0 Å². The van der Waals surface area contributed by atoms with Crippen molar-refractivity contribution < 1.29 is 0 Å². The normalized spacial score (nSPS) is 22.9. The molecule has 0 unspecified atom stereocenters. The van der Waals surface area contributed by atoms with Crippen LogP contribution in [0, 0.1) is 0 Å². The van der Waals surface area contributed by atoms with Crippen molar-refractivity contribution in [1.29, 1.82) is 0 Å². The van der Waals surface area contributed by atoms with Gasteiger partial charge in [-0.25, -0.2) is 15.0 Å². The second kappa shape index (κ2) is 6.56. The van der Waals surface area contributed by atoms with Crippen molar-refractivity contribution in [2.75, 3.05) is 29.4 Å². The molecule has 0 spiro atoms. The summed E-state index contributed by atoms with van der Waals surface area (Å²) < 4.78 is 2.38. The van der Waals surface area contributed by atoms with Gasteiger partial charge in [0.25, 0.3) is 0 Å². The van der Waals surface area contributed by atoms with Crippen LogP contribution in [0.15, 0.2) is 12.4 Å². The zero-order valence-electron chi connectivity index (χ0n) is 15.7. The van der Waals surface area contributed by atoms with Crippen molar-refractivity contribution in [2.24, 2.45) is 7.05 Å². The average Bonchev–Trinajstić information content (AvgIpc) is 3.42. The number of imidazole rings is 1. The molecule has 3 aliphatic rings. The van der Waals surface area contributed by atoms with E-state index in [0.717, 1.165) is 44.1 Å². The van der Waals surface area contributed by atoms with Crippen LogP contribution in [-0.2, 0) is 19.9 Å². The Morgan fingerprint density at radius 1 is 0.923 bits per heavy atom. The van der Waals surface area contributed by atoms with Gasteiger partial charge in [-0.1, -0.05) is 0 Å². The van der Waals surface area contributed by atoms with E-state index in [1.807, 2.05) is 0 Å². The maximum absolute atomic E-state index is 5.08. The molecule has 26 heavy (non-hydrogen) atoms. The average molecular weight is 352 g/mol. The number of rotatable bonds is 3. The van der Waals surface area contributed by atoms with Gasteiger partial charge >= 0.3 is 0 Å². The molecule has 6 heteroatoms. The third-order valence-corrected chi connectivity index (χ3v) is 6.32. The summed E-state index contributed by atoms with van der Waals surface area (Å²) in [7, 11) is 2.21. The van der Waals surface area contributed by atoms with Crippen LogP contribution in [0.3, 0.4) is 0 Å². The molecule has 0 aromatic carbocycles. The summed E-state index contributed by atoms with van der Waals surface area (Å²) in [6.07, 6.45) is 11.5. The molecule has 6 nitrogen and oxygen atoms in total. The standard InChI is InChI=1S/C20H28N6/c1-24-16-8-3-2-7-15(16)23-20(24)17-9-6-12-26(17)19-13-18(21-14-22-19)25-10-4-5-11-25/h13-14,17H,2-12H2,1H3/t17-/m0/s1. The minimum atomic E-state index is 0.340. The molecule has 0 radical (unpaired) electrons. The number of fused-ring (bicyclic) bond motifs is 1. The van der Waals surface area contributed by atoms with Gasteiger partial charge in [-0.3, -0.25) is 0 Å². The van der Waals surface area contributed by atoms with Crippen LogP contribution < -0.4 is 9.80 Å². The lowest BCUT2D eigenvalue weighted by Crippen LogP contribution is -2.27. The lowest BCUT2D eigenvalue weighted by molar-refractivity contribution is 0.607. The summed E-state index contributed by atoms with van der Waals surface area (Å²) in [4.78, 5) is 19.1. The van der Waals surface area contributed by atoms with Crippen LogP contribution in [0.2, 0.25) is 0 Å². The number of aryl methyl sites for hydroxylation is 1. The van der Waals surface area contributed by atoms with Gasteiger partial charge in [0.05, 0.1) is 11.7 Å². The van der Waals surface area contributed by atoms with E-state index in [0.29, 0.717) is 6.04 Å². The topological polar surface area (TPSA) is 50.1 Å². The summed E-state index contributed by atoms with van der Waals surface area (Å²) in [5, 5.41) is 0.